The van der Waals surface area contributed by atoms with Gasteiger partial charge in [-0.15, -0.1) is 0 Å². The van der Waals surface area contributed by atoms with Gasteiger partial charge in [-0.25, -0.2) is 0 Å². The molecule has 38 heavy (non-hydrogen) atoms. The molecule has 208 valence electrons. The van der Waals surface area contributed by atoms with Gasteiger partial charge in [0.2, 0.25) is 5.91 Å². The highest BCUT2D eigenvalue weighted by atomic mass is 16.5. The van der Waals surface area contributed by atoms with Gasteiger partial charge in [0.05, 0.1) is 38.7 Å². The highest BCUT2D eigenvalue weighted by Gasteiger charge is 2.43. The van der Waals surface area contributed by atoms with Crippen molar-refractivity contribution in [1.82, 2.24) is 19.9 Å². The molecular weight excluding hydrogens is 486 g/mol. The van der Waals surface area contributed by atoms with Gasteiger partial charge in [0.15, 0.2) is 11.5 Å². The topological polar surface area (TPSA) is 87.2 Å². The van der Waals surface area contributed by atoms with Crippen LogP contribution in [0, 0.1) is 11.8 Å². The predicted molar refractivity (Wildman–Crippen MR) is 143 cm³/mol. The number of benzene rings is 1. The zero-order chi connectivity index (χ0) is 26.5. The van der Waals surface area contributed by atoms with E-state index in [1.54, 1.807) is 5.12 Å². The summed E-state index contributed by atoms with van der Waals surface area (Å²) < 4.78 is 17.1. The van der Waals surface area contributed by atoms with Crippen molar-refractivity contribution >= 4 is 17.5 Å². The summed E-state index contributed by atoms with van der Waals surface area (Å²) in [5.41, 5.74) is 1.93. The van der Waals surface area contributed by atoms with Gasteiger partial charge in [-0.05, 0) is 44.9 Å². The van der Waals surface area contributed by atoms with Crippen molar-refractivity contribution in [1.29, 1.82) is 0 Å². The first-order chi connectivity index (χ1) is 18.6. The van der Waals surface area contributed by atoms with Gasteiger partial charge in [0, 0.05) is 56.7 Å². The van der Waals surface area contributed by atoms with Crippen molar-refractivity contribution in [2.45, 2.75) is 39.5 Å². The fourth-order valence-corrected chi connectivity index (χ4v) is 6.00. The lowest BCUT2D eigenvalue weighted by molar-refractivity contribution is -0.163. The van der Waals surface area contributed by atoms with Crippen molar-refractivity contribution in [3.8, 4) is 11.5 Å². The molecule has 1 aliphatic carbocycles. The summed E-state index contributed by atoms with van der Waals surface area (Å²) in [6, 6.07) is 5.99. The molecule has 0 bridgehead atoms. The zero-order valence-electron chi connectivity index (χ0n) is 22.8. The highest BCUT2D eigenvalue weighted by molar-refractivity contribution is 6.07. The third kappa shape index (κ3) is 5.82. The second-order valence-electron chi connectivity index (χ2n) is 10.4. The number of hydrazine groups is 1. The van der Waals surface area contributed by atoms with Gasteiger partial charge in [0.1, 0.15) is 0 Å². The van der Waals surface area contributed by atoms with Crippen molar-refractivity contribution in [2.24, 2.45) is 16.9 Å². The quantitative estimate of drug-likeness (QED) is 0.512. The molecule has 1 aromatic rings. The predicted octanol–water partition coefficient (Wildman–Crippen LogP) is 2.23. The molecule has 0 N–H and O–H groups in total. The number of morpholine rings is 1. The molecule has 3 heterocycles. The Morgan fingerprint density at radius 2 is 1.63 bits per heavy atom. The molecule has 5 rings (SSSR count). The number of hydrogen-bond donors (Lipinski definition) is 0. The van der Waals surface area contributed by atoms with Crippen LogP contribution in [0.25, 0.3) is 0 Å². The first kappa shape index (κ1) is 26.9. The molecular formula is C28H41N5O5. The third-order valence-electron chi connectivity index (χ3n) is 8.01. The van der Waals surface area contributed by atoms with Crippen LogP contribution in [0.4, 0.5) is 0 Å². The Bertz CT molecular complexity index is 1020. The molecule has 2 atom stereocenters. The van der Waals surface area contributed by atoms with Gasteiger partial charge in [-0.1, -0.05) is 12.8 Å². The number of nitrogens with zero attached hydrogens (tertiary/aromatic N) is 5. The molecule has 0 radical (unpaired) electrons. The molecule has 3 fully saturated rings. The van der Waals surface area contributed by atoms with Crippen LogP contribution in [0.2, 0.25) is 0 Å². The van der Waals surface area contributed by atoms with Crippen molar-refractivity contribution < 1.29 is 23.8 Å². The van der Waals surface area contributed by atoms with Gasteiger partial charge in [0.25, 0.3) is 5.91 Å². The summed E-state index contributed by atoms with van der Waals surface area (Å²) in [6.45, 7) is 10.8. The number of ether oxygens (including phenoxy) is 3. The maximum Gasteiger partial charge on any atom is 0.261 e. The number of hydrogen-bond acceptors (Lipinski definition) is 8. The lowest BCUT2D eigenvalue weighted by Gasteiger charge is -2.44. The molecule has 3 aliphatic heterocycles. The standard InChI is InChI=1S/C28H41N5O5/c1-3-37-24-10-9-21(19-25(24)38-4-2)27-22-7-5-6-8-23(22)28(35)33(29-27)32-13-11-31(12-14-32)26(34)20-30-15-17-36-18-16-30/h9-10,19,22-23H,3-8,11-18,20H2,1-2H3. The molecule has 2 saturated heterocycles. The van der Waals surface area contributed by atoms with E-state index in [-0.39, 0.29) is 23.7 Å². The maximum atomic E-state index is 13.7. The second kappa shape index (κ2) is 12.4. The summed E-state index contributed by atoms with van der Waals surface area (Å²) in [7, 11) is 0. The number of carbonyl (C=O) groups excluding carboxylic acids is 2. The Labute approximate surface area is 225 Å². The zero-order valence-corrected chi connectivity index (χ0v) is 22.8. The summed E-state index contributed by atoms with van der Waals surface area (Å²) in [6.07, 6.45) is 4.01. The summed E-state index contributed by atoms with van der Waals surface area (Å²) in [4.78, 5) is 30.6. The van der Waals surface area contributed by atoms with E-state index in [0.717, 1.165) is 55.8 Å². The minimum atomic E-state index is -0.0701. The number of rotatable bonds is 8. The fraction of sp³-hybridized carbons (Fsp3) is 0.679. The number of piperazine rings is 1. The molecule has 1 aromatic carbocycles. The van der Waals surface area contributed by atoms with Crippen LogP contribution in [-0.2, 0) is 14.3 Å². The molecule has 10 nitrogen and oxygen atoms in total. The Morgan fingerprint density at radius 1 is 0.947 bits per heavy atom. The first-order valence-corrected chi connectivity index (χ1v) is 14.2. The number of amides is 2. The monoisotopic (exact) mass is 527 g/mol. The van der Waals surface area contributed by atoms with Crippen LogP contribution < -0.4 is 9.47 Å². The molecule has 2 amide bonds. The van der Waals surface area contributed by atoms with Crippen molar-refractivity contribution in [3.05, 3.63) is 23.8 Å². The minimum absolute atomic E-state index is 0.0701. The van der Waals surface area contributed by atoms with Gasteiger partial charge in [-0.3, -0.25) is 14.5 Å². The van der Waals surface area contributed by atoms with E-state index in [1.165, 1.54) is 0 Å². The molecule has 1 saturated carbocycles. The van der Waals surface area contributed by atoms with E-state index in [4.69, 9.17) is 19.3 Å². The van der Waals surface area contributed by atoms with Crippen LogP contribution in [0.15, 0.2) is 23.3 Å². The Morgan fingerprint density at radius 3 is 2.34 bits per heavy atom. The molecule has 0 spiro atoms. The first-order valence-electron chi connectivity index (χ1n) is 14.2. The van der Waals surface area contributed by atoms with Gasteiger partial charge in [-0.2, -0.15) is 15.2 Å². The van der Waals surface area contributed by atoms with E-state index < -0.39 is 0 Å². The van der Waals surface area contributed by atoms with E-state index in [1.807, 2.05) is 42.0 Å². The number of hydrazone groups is 1. The maximum absolute atomic E-state index is 13.7. The molecule has 2 unspecified atom stereocenters. The second-order valence-corrected chi connectivity index (χ2v) is 10.4. The van der Waals surface area contributed by atoms with Crippen LogP contribution in [-0.4, -0.2) is 110 Å². The Kier molecular flexibility index (Phi) is 8.81. The highest BCUT2D eigenvalue weighted by Crippen LogP contribution is 2.39. The summed E-state index contributed by atoms with van der Waals surface area (Å²) >= 11 is 0. The molecule has 0 aromatic heterocycles. The molecule has 10 heteroatoms. The van der Waals surface area contributed by atoms with Crippen molar-refractivity contribution in [2.75, 3.05) is 72.2 Å². The largest absolute Gasteiger partial charge is 0.490 e. The van der Waals surface area contributed by atoms with Crippen LogP contribution >= 0.6 is 0 Å². The average molecular weight is 528 g/mol. The third-order valence-corrected chi connectivity index (χ3v) is 8.01. The van der Waals surface area contributed by atoms with Crippen molar-refractivity contribution in [3.63, 3.8) is 0 Å². The van der Waals surface area contributed by atoms with E-state index in [9.17, 15) is 9.59 Å². The van der Waals surface area contributed by atoms with Gasteiger partial charge >= 0.3 is 0 Å². The fourth-order valence-electron chi connectivity index (χ4n) is 6.00. The van der Waals surface area contributed by atoms with E-state index in [0.29, 0.717) is 64.9 Å². The van der Waals surface area contributed by atoms with E-state index >= 15 is 0 Å². The Balaban J connectivity index is 1.33. The van der Waals surface area contributed by atoms with Crippen LogP contribution in [0.1, 0.15) is 45.1 Å². The molecule has 4 aliphatic rings. The summed E-state index contributed by atoms with van der Waals surface area (Å²) in [5.74, 6) is 1.70. The number of carbonyl (C=O) groups is 2. The van der Waals surface area contributed by atoms with Gasteiger partial charge < -0.3 is 19.1 Å². The average Bonchev–Trinajstić information content (AvgIpc) is 2.95. The smallest absolute Gasteiger partial charge is 0.261 e. The van der Waals surface area contributed by atoms with Crippen LogP contribution in [0.3, 0.4) is 0 Å². The summed E-state index contributed by atoms with van der Waals surface area (Å²) in [5, 5.41) is 8.62. The normalized spacial score (nSPS) is 25.1. The number of fused-ring (bicyclic) bond motifs is 1. The lowest BCUT2D eigenvalue weighted by Crippen LogP contribution is -2.59. The Hall–Kier alpha value is -2.69. The SMILES string of the molecule is CCOc1ccc(C2=NN(N3CCN(C(=O)CN4CCOCC4)CC3)C(=O)C3CCCCC23)cc1OCC. The lowest BCUT2D eigenvalue weighted by atomic mass is 9.73. The van der Waals surface area contributed by atoms with Crippen LogP contribution in [0.5, 0.6) is 11.5 Å². The minimum Gasteiger partial charge on any atom is -0.490 e. The van der Waals surface area contributed by atoms with E-state index in [2.05, 4.69) is 4.90 Å².